The summed E-state index contributed by atoms with van der Waals surface area (Å²) in [7, 11) is 0. The molecule has 0 N–H and O–H groups in total. The maximum atomic E-state index is 8.72. The van der Waals surface area contributed by atoms with Crippen LogP contribution >= 0.6 is 0 Å². The summed E-state index contributed by atoms with van der Waals surface area (Å²) in [5.74, 6) is 0.909. The van der Waals surface area contributed by atoms with E-state index in [4.69, 9.17) is 9.78 Å². The van der Waals surface area contributed by atoms with E-state index < -0.39 is 0 Å². The van der Waals surface area contributed by atoms with E-state index in [9.17, 15) is 0 Å². The van der Waals surface area contributed by atoms with E-state index in [1.54, 1.807) is 18.3 Å². The average Bonchev–Trinajstić information content (AvgIpc) is 2.99. The van der Waals surface area contributed by atoms with Gasteiger partial charge < -0.3 is 4.52 Å². The molecule has 0 atom stereocenters. The monoisotopic (exact) mass is 333 g/mol. The number of allylic oxidation sites excluding steroid dienone is 3. The van der Waals surface area contributed by atoms with Crippen molar-refractivity contribution in [2.75, 3.05) is 6.54 Å². The normalized spacial score (nSPS) is 13.0. The fourth-order valence-corrected chi connectivity index (χ4v) is 2.49. The molecule has 0 radical (unpaired) electrons. The zero-order valence-electron chi connectivity index (χ0n) is 15.0. The van der Waals surface area contributed by atoms with Gasteiger partial charge in [-0.3, -0.25) is 4.99 Å². The van der Waals surface area contributed by atoms with Crippen molar-refractivity contribution in [1.82, 2.24) is 5.16 Å². The third kappa shape index (κ3) is 5.58. The minimum atomic E-state index is 0.664. The number of hydrogen-bond donors (Lipinski definition) is 0. The van der Waals surface area contributed by atoms with Gasteiger partial charge in [0.25, 0.3) is 0 Å². The summed E-state index contributed by atoms with van der Waals surface area (Å²) in [6.45, 7) is 7.04. The van der Waals surface area contributed by atoms with E-state index >= 15 is 0 Å². The van der Waals surface area contributed by atoms with Crippen LogP contribution < -0.4 is 0 Å². The molecule has 1 aromatic heterocycles. The molecule has 128 valence electrons. The van der Waals surface area contributed by atoms with E-state index in [0.717, 1.165) is 42.0 Å². The summed E-state index contributed by atoms with van der Waals surface area (Å²) in [5.41, 5.74) is 5.14. The van der Waals surface area contributed by atoms with Crippen LogP contribution in [0.1, 0.15) is 38.5 Å². The Morgan fingerprint density at radius 1 is 1.20 bits per heavy atom. The van der Waals surface area contributed by atoms with E-state index in [1.165, 1.54) is 5.57 Å². The van der Waals surface area contributed by atoms with Crippen LogP contribution in [0.4, 0.5) is 0 Å². The fraction of sp³-hybridized carbons (Fsp3) is 0.286. The van der Waals surface area contributed by atoms with Crippen LogP contribution in [-0.4, -0.2) is 17.4 Å². The number of benzene rings is 1. The molecule has 0 fully saturated rings. The predicted molar refractivity (Wildman–Crippen MR) is 102 cm³/mol. The first-order valence-corrected chi connectivity index (χ1v) is 8.44. The lowest BCUT2D eigenvalue weighted by Gasteiger charge is -1.99. The molecule has 0 saturated carbocycles. The van der Waals surface area contributed by atoms with Crippen LogP contribution in [0.2, 0.25) is 0 Å². The zero-order valence-corrected chi connectivity index (χ0v) is 15.0. The van der Waals surface area contributed by atoms with Gasteiger partial charge in [-0.1, -0.05) is 36.4 Å². The van der Waals surface area contributed by atoms with Gasteiger partial charge in [0.15, 0.2) is 0 Å². The molecule has 25 heavy (non-hydrogen) atoms. The molecule has 2 heterocycles. The zero-order chi connectivity index (χ0) is 18.1. The van der Waals surface area contributed by atoms with Gasteiger partial charge in [-0.05, 0) is 49.6 Å². The van der Waals surface area contributed by atoms with E-state index in [0.29, 0.717) is 5.56 Å². The second kappa shape index (κ2) is 9.39. The van der Waals surface area contributed by atoms with Crippen molar-refractivity contribution in [3.05, 3.63) is 65.6 Å². The maximum Gasteiger partial charge on any atom is 0.144 e. The highest BCUT2D eigenvalue weighted by atomic mass is 16.5. The molecular weight excluding hydrogens is 310 g/mol. The van der Waals surface area contributed by atoms with Crippen molar-refractivity contribution < 1.29 is 4.52 Å². The molecule has 2 aromatic rings. The maximum absolute atomic E-state index is 8.72. The molecule has 1 aliphatic rings. The summed E-state index contributed by atoms with van der Waals surface area (Å²) in [6.07, 6.45) is 9.89. The van der Waals surface area contributed by atoms with Gasteiger partial charge in [-0.15, -0.1) is 0 Å². The Kier molecular flexibility index (Phi) is 6.91. The second-order valence-corrected chi connectivity index (χ2v) is 5.87. The molecule has 3 rings (SSSR count). The minimum Gasteiger partial charge on any atom is -0.361 e. The summed E-state index contributed by atoms with van der Waals surface area (Å²) < 4.78 is 5.20. The molecule has 4 heteroatoms. The van der Waals surface area contributed by atoms with Gasteiger partial charge in [0, 0.05) is 17.7 Å². The Bertz CT molecular complexity index is 818. The highest BCUT2D eigenvalue weighted by molar-refractivity contribution is 5.94. The van der Waals surface area contributed by atoms with Gasteiger partial charge in [-0.2, -0.15) is 5.26 Å². The van der Waals surface area contributed by atoms with Crippen LogP contribution in [0.25, 0.3) is 11.1 Å². The lowest BCUT2D eigenvalue weighted by atomic mass is 10.0. The van der Waals surface area contributed by atoms with Gasteiger partial charge in [0.2, 0.25) is 0 Å². The molecule has 0 unspecified atom stereocenters. The first kappa shape index (κ1) is 18.4. The van der Waals surface area contributed by atoms with Crippen molar-refractivity contribution in [3.63, 3.8) is 0 Å². The topological polar surface area (TPSA) is 62.2 Å². The lowest BCUT2D eigenvalue weighted by Crippen LogP contribution is -1.84. The van der Waals surface area contributed by atoms with Crippen LogP contribution in [-0.2, 0) is 6.42 Å². The van der Waals surface area contributed by atoms with Crippen LogP contribution in [0.5, 0.6) is 0 Å². The lowest BCUT2D eigenvalue weighted by molar-refractivity contribution is 0.383. The molecule has 0 amide bonds. The van der Waals surface area contributed by atoms with E-state index in [-0.39, 0.29) is 0 Å². The van der Waals surface area contributed by atoms with Crippen molar-refractivity contribution in [3.8, 4) is 17.2 Å². The highest BCUT2D eigenvalue weighted by Gasteiger charge is 2.09. The molecule has 1 aliphatic heterocycles. The quantitative estimate of drug-likeness (QED) is 0.782. The molecule has 1 aromatic carbocycles. The summed E-state index contributed by atoms with van der Waals surface area (Å²) in [4.78, 5) is 4.23. The van der Waals surface area contributed by atoms with Crippen LogP contribution in [0.15, 0.2) is 63.8 Å². The van der Waals surface area contributed by atoms with Crippen LogP contribution in [0.3, 0.4) is 0 Å². The Hall–Kier alpha value is -2.93. The average molecular weight is 333 g/mol. The van der Waals surface area contributed by atoms with E-state index in [1.807, 2.05) is 19.1 Å². The minimum absolute atomic E-state index is 0.664. The van der Waals surface area contributed by atoms with Crippen molar-refractivity contribution in [2.24, 2.45) is 4.99 Å². The number of nitriles is 1. The first-order valence-electron chi connectivity index (χ1n) is 8.44. The Balaban J connectivity index is 0.000000212. The van der Waals surface area contributed by atoms with Crippen LogP contribution in [0, 0.1) is 11.3 Å². The third-order valence-corrected chi connectivity index (χ3v) is 3.71. The van der Waals surface area contributed by atoms with Crippen molar-refractivity contribution in [2.45, 2.75) is 33.6 Å². The van der Waals surface area contributed by atoms with Crippen molar-refractivity contribution >= 4 is 5.71 Å². The summed E-state index contributed by atoms with van der Waals surface area (Å²) >= 11 is 0. The number of rotatable bonds is 3. The second-order valence-electron chi connectivity index (χ2n) is 5.87. The fourth-order valence-electron chi connectivity index (χ4n) is 2.49. The molecule has 0 spiro atoms. The number of hydrogen-bond acceptors (Lipinski definition) is 4. The van der Waals surface area contributed by atoms with Gasteiger partial charge in [-0.25, -0.2) is 0 Å². The Morgan fingerprint density at radius 3 is 2.64 bits per heavy atom. The highest BCUT2D eigenvalue weighted by Crippen LogP contribution is 2.24. The first-order chi connectivity index (χ1) is 12.1. The summed E-state index contributed by atoms with van der Waals surface area (Å²) in [5, 5.41) is 12.5. The Morgan fingerprint density at radius 2 is 1.96 bits per heavy atom. The number of aromatic nitrogens is 1. The Labute approximate surface area is 149 Å². The molecule has 0 bridgehead atoms. The van der Waals surface area contributed by atoms with E-state index in [2.05, 4.69) is 48.3 Å². The SMILES string of the molecule is CC1=CC(C)=NCC=C1.CCCc1oncc1-c1ccc(C#N)cc1. The van der Waals surface area contributed by atoms with Gasteiger partial charge in [0.05, 0.1) is 24.4 Å². The largest absolute Gasteiger partial charge is 0.361 e. The smallest absolute Gasteiger partial charge is 0.144 e. The molecule has 4 nitrogen and oxygen atoms in total. The predicted octanol–water partition coefficient (Wildman–Crippen LogP) is 5.13. The number of aliphatic imine (C=N–C) groups is 1. The van der Waals surface area contributed by atoms with Crippen molar-refractivity contribution in [1.29, 1.82) is 5.26 Å². The van der Waals surface area contributed by atoms with Gasteiger partial charge >= 0.3 is 0 Å². The van der Waals surface area contributed by atoms with Gasteiger partial charge in [0.1, 0.15) is 5.76 Å². The molecular formula is C21H23N3O. The standard InChI is InChI=1S/C13H12N2O.C8H11N/c1-2-3-13-12(9-15-16-13)11-6-4-10(8-14)5-7-11;1-7-4-3-5-9-8(2)6-7/h4-7,9H,2-3H2,1H3;3-4,6H,5H2,1-2H3. The number of nitrogens with zero attached hydrogens (tertiary/aromatic N) is 3. The molecule has 0 aliphatic carbocycles. The number of aryl methyl sites for hydroxylation is 1. The third-order valence-electron chi connectivity index (χ3n) is 3.71. The molecule has 0 saturated heterocycles. The summed E-state index contributed by atoms with van der Waals surface area (Å²) in [6, 6.07) is 9.55.